The van der Waals surface area contributed by atoms with Crippen LogP contribution in [0.25, 0.3) is 0 Å². The van der Waals surface area contributed by atoms with E-state index in [0.29, 0.717) is 36.1 Å². The van der Waals surface area contributed by atoms with Gasteiger partial charge in [-0.1, -0.05) is 29.3 Å². The molecule has 0 radical (unpaired) electrons. The number of hydrogen-bond donors (Lipinski definition) is 2. The fraction of sp³-hybridized carbons (Fsp3) is 0.500. The second-order valence-electron chi connectivity index (χ2n) is 5.72. The van der Waals surface area contributed by atoms with Crippen LogP contribution in [0.15, 0.2) is 18.2 Å². The number of benzene rings is 1. The third-order valence-corrected chi connectivity index (χ3v) is 4.59. The van der Waals surface area contributed by atoms with Crippen LogP contribution in [0, 0.1) is 0 Å². The maximum atomic E-state index is 12.2. The lowest BCUT2D eigenvalue weighted by atomic mass is 10.0. The highest BCUT2D eigenvalue weighted by molar-refractivity contribution is 6.42. The molecule has 0 aliphatic carbocycles. The lowest BCUT2D eigenvalue weighted by molar-refractivity contribution is -0.137. The van der Waals surface area contributed by atoms with Crippen LogP contribution in [0.1, 0.15) is 24.8 Å². The van der Waals surface area contributed by atoms with Crippen LogP contribution in [0.2, 0.25) is 10.0 Å². The van der Waals surface area contributed by atoms with Crippen molar-refractivity contribution in [2.45, 2.75) is 31.8 Å². The van der Waals surface area contributed by atoms with Gasteiger partial charge in [0.25, 0.3) is 0 Å². The number of carbonyl (C=O) groups excluding carboxylic acids is 1. The third-order valence-electron chi connectivity index (χ3n) is 3.85. The van der Waals surface area contributed by atoms with Gasteiger partial charge in [0.15, 0.2) is 5.78 Å². The van der Waals surface area contributed by atoms with E-state index in [4.69, 9.17) is 28.3 Å². The van der Waals surface area contributed by atoms with Crippen molar-refractivity contribution in [1.82, 2.24) is 10.2 Å². The summed E-state index contributed by atoms with van der Waals surface area (Å²) in [6.45, 7) is 2.41. The first-order valence-corrected chi connectivity index (χ1v) is 8.35. The smallest absolute Gasteiger partial charge is 0.303 e. The van der Waals surface area contributed by atoms with Crippen molar-refractivity contribution in [2.24, 2.45) is 0 Å². The molecular weight excluding hydrogens is 339 g/mol. The zero-order chi connectivity index (χ0) is 16.8. The van der Waals surface area contributed by atoms with Crippen molar-refractivity contribution in [3.8, 4) is 0 Å². The summed E-state index contributed by atoms with van der Waals surface area (Å²) in [4.78, 5) is 24.7. The summed E-state index contributed by atoms with van der Waals surface area (Å²) in [5, 5.41) is 12.8. The topological polar surface area (TPSA) is 69.6 Å². The van der Waals surface area contributed by atoms with Gasteiger partial charge in [-0.3, -0.25) is 14.5 Å². The Balaban J connectivity index is 1.78. The molecule has 7 heteroatoms. The predicted molar refractivity (Wildman–Crippen MR) is 90.0 cm³/mol. The predicted octanol–water partition coefficient (Wildman–Crippen LogP) is 2.59. The van der Waals surface area contributed by atoms with E-state index in [1.807, 2.05) is 12.1 Å². The minimum Gasteiger partial charge on any atom is -0.481 e. The van der Waals surface area contributed by atoms with Crippen LogP contribution in [0.5, 0.6) is 0 Å². The first-order valence-electron chi connectivity index (χ1n) is 7.60. The average Bonchev–Trinajstić information content (AvgIpc) is 2.49. The van der Waals surface area contributed by atoms with Gasteiger partial charge < -0.3 is 10.4 Å². The van der Waals surface area contributed by atoms with Crippen molar-refractivity contribution < 1.29 is 14.7 Å². The number of carboxylic acids is 1. The first-order chi connectivity index (χ1) is 11.0. The lowest BCUT2D eigenvalue weighted by Crippen LogP contribution is -2.49. The second-order valence-corrected chi connectivity index (χ2v) is 6.53. The normalized spacial score (nSPS) is 19.0. The number of ketones is 1. The number of carboxylic acid groups (broad SMARTS) is 1. The van der Waals surface area contributed by atoms with Gasteiger partial charge in [-0.25, -0.2) is 0 Å². The molecule has 0 aromatic heterocycles. The summed E-state index contributed by atoms with van der Waals surface area (Å²) in [5.74, 6) is -0.666. The summed E-state index contributed by atoms with van der Waals surface area (Å²) in [6.07, 6.45) is 1.39. The summed E-state index contributed by atoms with van der Waals surface area (Å²) in [6, 6.07) is 5.32. The van der Waals surface area contributed by atoms with Crippen molar-refractivity contribution in [1.29, 1.82) is 0 Å². The highest BCUT2D eigenvalue weighted by atomic mass is 35.5. The molecule has 0 bridgehead atoms. The number of aliphatic carboxylic acids is 1. The second kappa shape index (κ2) is 8.64. The highest BCUT2D eigenvalue weighted by Crippen LogP contribution is 2.23. The van der Waals surface area contributed by atoms with Gasteiger partial charge in [-0.2, -0.15) is 0 Å². The molecule has 0 saturated carbocycles. The number of hydrogen-bond acceptors (Lipinski definition) is 4. The van der Waals surface area contributed by atoms with E-state index in [9.17, 15) is 9.59 Å². The summed E-state index contributed by atoms with van der Waals surface area (Å²) in [5.41, 5.74) is 1.03. The fourth-order valence-electron chi connectivity index (χ4n) is 2.65. The summed E-state index contributed by atoms with van der Waals surface area (Å²) in [7, 11) is 0. The van der Waals surface area contributed by atoms with Gasteiger partial charge in [-0.15, -0.1) is 0 Å². The first kappa shape index (κ1) is 18.2. The fourth-order valence-corrected chi connectivity index (χ4v) is 2.97. The molecule has 0 amide bonds. The monoisotopic (exact) mass is 358 g/mol. The molecule has 1 unspecified atom stereocenters. The standard InChI is InChI=1S/C16H20Cl2N2O3/c17-12-4-3-11(8-13(12)18)9-20-7-5-14(15(21)10-20)19-6-1-2-16(22)23/h3-4,8,14,19H,1-2,5-7,9-10H2,(H,22,23). The van der Waals surface area contributed by atoms with E-state index in [-0.39, 0.29) is 18.2 Å². The van der Waals surface area contributed by atoms with Crippen molar-refractivity contribution in [3.05, 3.63) is 33.8 Å². The van der Waals surface area contributed by atoms with Crippen LogP contribution < -0.4 is 5.32 Å². The molecule has 1 aromatic rings. The Morgan fingerprint density at radius 1 is 1.35 bits per heavy atom. The van der Waals surface area contributed by atoms with Gasteiger partial charge in [0.05, 0.1) is 22.6 Å². The van der Waals surface area contributed by atoms with E-state index in [1.165, 1.54) is 0 Å². The van der Waals surface area contributed by atoms with E-state index >= 15 is 0 Å². The van der Waals surface area contributed by atoms with Crippen LogP contribution in [-0.2, 0) is 16.1 Å². The quantitative estimate of drug-likeness (QED) is 0.733. The summed E-state index contributed by atoms with van der Waals surface area (Å²) < 4.78 is 0. The molecule has 126 valence electrons. The molecule has 1 heterocycles. The highest BCUT2D eigenvalue weighted by Gasteiger charge is 2.26. The Labute approximate surface area is 145 Å². The molecular formula is C16H20Cl2N2O3. The molecule has 1 saturated heterocycles. The Kier molecular flexibility index (Phi) is 6.84. The molecule has 1 aliphatic rings. The maximum absolute atomic E-state index is 12.2. The number of piperidine rings is 1. The van der Waals surface area contributed by atoms with Gasteiger partial charge in [0.1, 0.15) is 0 Å². The Morgan fingerprint density at radius 2 is 2.13 bits per heavy atom. The van der Waals surface area contributed by atoms with Gasteiger partial charge in [0.2, 0.25) is 0 Å². The molecule has 0 spiro atoms. The van der Waals surface area contributed by atoms with Gasteiger partial charge >= 0.3 is 5.97 Å². The Morgan fingerprint density at radius 3 is 2.78 bits per heavy atom. The van der Waals surface area contributed by atoms with Crippen molar-refractivity contribution in [3.63, 3.8) is 0 Å². The number of rotatable bonds is 7. The van der Waals surface area contributed by atoms with Crippen LogP contribution in [0.4, 0.5) is 0 Å². The number of likely N-dealkylation sites (tertiary alicyclic amines) is 1. The number of nitrogens with zero attached hydrogens (tertiary/aromatic N) is 1. The molecule has 2 N–H and O–H groups in total. The summed E-state index contributed by atoms with van der Waals surface area (Å²) >= 11 is 11.9. The van der Waals surface area contributed by atoms with Crippen LogP contribution in [0.3, 0.4) is 0 Å². The number of Topliss-reactive ketones (excluding diaryl/α,β-unsaturated/α-hetero) is 1. The zero-order valence-electron chi connectivity index (χ0n) is 12.7. The van der Waals surface area contributed by atoms with E-state index in [1.54, 1.807) is 6.07 Å². The van der Waals surface area contributed by atoms with Gasteiger partial charge in [0, 0.05) is 19.5 Å². The largest absolute Gasteiger partial charge is 0.481 e. The molecule has 1 aliphatic heterocycles. The number of halogens is 2. The minimum atomic E-state index is -0.811. The van der Waals surface area contributed by atoms with Crippen LogP contribution in [-0.4, -0.2) is 47.4 Å². The molecule has 1 fully saturated rings. The molecule has 2 rings (SSSR count). The molecule has 5 nitrogen and oxygen atoms in total. The SMILES string of the molecule is O=C(O)CCCNC1CCN(Cc2ccc(Cl)c(Cl)c2)CC1=O. The van der Waals surface area contributed by atoms with Gasteiger partial charge in [-0.05, 0) is 37.1 Å². The third kappa shape index (κ3) is 5.77. The average molecular weight is 359 g/mol. The number of nitrogens with one attached hydrogen (secondary N) is 1. The molecule has 1 aromatic carbocycles. The van der Waals surface area contributed by atoms with Crippen molar-refractivity contribution in [2.75, 3.05) is 19.6 Å². The zero-order valence-corrected chi connectivity index (χ0v) is 14.2. The van der Waals surface area contributed by atoms with Crippen molar-refractivity contribution >= 4 is 35.0 Å². The maximum Gasteiger partial charge on any atom is 0.303 e. The minimum absolute atomic E-state index is 0.122. The molecule has 1 atom stereocenters. The lowest BCUT2D eigenvalue weighted by Gasteiger charge is -2.31. The van der Waals surface area contributed by atoms with E-state index < -0.39 is 5.97 Å². The Hall–Kier alpha value is -1.14. The Bertz CT molecular complexity index is 580. The van der Waals surface area contributed by atoms with E-state index in [2.05, 4.69) is 10.2 Å². The van der Waals surface area contributed by atoms with Crippen LogP contribution >= 0.6 is 23.2 Å². The van der Waals surface area contributed by atoms with E-state index in [0.717, 1.165) is 18.5 Å². The molecule has 23 heavy (non-hydrogen) atoms. The number of carbonyl (C=O) groups is 2.